The minimum atomic E-state index is -0.583. The highest BCUT2D eigenvalue weighted by molar-refractivity contribution is 7.13. The zero-order valence-corrected chi connectivity index (χ0v) is 19.9. The van der Waals surface area contributed by atoms with Crippen molar-refractivity contribution >= 4 is 17.2 Å². The molecule has 4 nitrogen and oxygen atoms in total. The number of para-hydroxylation sites is 1. The smallest absolute Gasteiger partial charge is 0.261 e. The zero-order valence-electron chi connectivity index (χ0n) is 19.1. The fourth-order valence-electron chi connectivity index (χ4n) is 3.60. The van der Waals surface area contributed by atoms with Crippen molar-refractivity contribution in [3.63, 3.8) is 0 Å². The molecule has 3 aromatic carbocycles. The maximum atomic E-state index is 12.7. The van der Waals surface area contributed by atoms with Crippen LogP contribution < -0.4 is 10.1 Å². The topological polar surface area (TPSA) is 51.2 Å². The van der Waals surface area contributed by atoms with Gasteiger partial charge in [-0.3, -0.25) is 4.79 Å². The molecular weight excluding hydrogens is 428 g/mol. The van der Waals surface area contributed by atoms with Crippen molar-refractivity contribution in [3.05, 3.63) is 95.4 Å². The predicted molar refractivity (Wildman–Crippen MR) is 135 cm³/mol. The van der Waals surface area contributed by atoms with Crippen LogP contribution in [0.4, 0.5) is 0 Å². The van der Waals surface area contributed by atoms with E-state index in [1.54, 1.807) is 18.3 Å². The van der Waals surface area contributed by atoms with Crippen LogP contribution >= 0.6 is 11.3 Å². The van der Waals surface area contributed by atoms with Crippen LogP contribution in [0.25, 0.3) is 21.8 Å². The van der Waals surface area contributed by atoms with Crippen LogP contribution in [0.1, 0.15) is 37.8 Å². The Labute approximate surface area is 199 Å². The van der Waals surface area contributed by atoms with Crippen molar-refractivity contribution in [2.45, 2.75) is 39.3 Å². The summed E-state index contributed by atoms with van der Waals surface area (Å²) >= 11 is 1.62. The number of nitrogens with one attached hydrogen (secondary N) is 1. The Morgan fingerprint density at radius 2 is 1.67 bits per heavy atom. The monoisotopic (exact) mass is 456 g/mol. The number of thiazole rings is 1. The normalized spacial score (nSPS) is 11.9. The van der Waals surface area contributed by atoms with Crippen LogP contribution in [0.5, 0.6) is 5.75 Å². The zero-order chi connectivity index (χ0) is 23.2. The van der Waals surface area contributed by atoms with Crippen LogP contribution in [0, 0.1) is 0 Å². The molecule has 0 saturated carbocycles. The highest BCUT2D eigenvalue weighted by atomic mass is 32.1. The molecule has 0 aliphatic heterocycles. The first-order valence-corrected chi connectivity index (χ1v) is 12.0. The molecule has 168 valence electrons. The lowest BCUT2D eigenvalue weighted by atomic mass is 10.0. The van der Waals surface area contributed by atoms with E-state index in [-0.39, 0.29) is 5.91 Å². The van der Waals surface area contributed by atoms with Gasteiger partial charge in [-0.05, 0) is 36.1 Å². The largest absolute Gasteiger partial charge is 0.481 e. The third-order valence-electron chi connectivity index (χ3n) is 5.43. The minimum Gasteiger partial charge on any atom is -0.481 e. The molecule has 0 saturated heterocycles. The van der Waals surface area contributed by atoms with Gasteiger partial charge in [0, 0.05) is 23.1 Å². The summed E-state index contributed by atoms with van der Waals surface area (Å²) in [5.41, 5.74) is 5.25. The van der Waals surface area contributed by atoms with Crippen LogP contribution in [-0.4, -0.2) is 17.0 Å². The van der Waals surface area contributed by atoms with Crippen molar-refractivity contribution in [1.82, 2.24) is 10.3 Å². The lowest BCUT2D eigenvalue weighted by Gasteiger charge is -2.18. The maximum Gasteiger partial charge on any atom is 0.261 e. The molecule has 0 aliphatic rings. The highest BCUT2D eigenvalue weighted by Crippen LogP contribution is 2.29. The summed E-state index contributed by atoms with van der Waals surface area (Å²) in [7, 11) is 0. The third kappa shape index (κ3) is 5.68. The van der Waals surface area contributed by atoms with Crippen molar-refractivity contribution in [2.24, 2.45) is 0 Å². The number of ether oxygens (including phenoxy) is 1. The number of carbonyl (C=O) groups excluding carboxylic acids is 1. The van der Waals surface area contributed by atoms with Crippen molar-refractivity contribution in [1.29, 1.82) is 0 Å². The summed E-state index contributed by atoms with van der Waals surface area (Å²) in [6.45, 7) is 6.45. The molecule has 1 amide bonds. The number of benzene rings is 3. The van der Waals surface area contributed by atoms with Crippen LogP contribution in [0.2, 0.25) is 0 Å². The van der Waals surface area contributed by atoms with Gasteiger partial charge < -0.3 is 10.1 Å². The lowest BCUT2D eigenvalue weighted by molar-refractivity contribution is -0.127. The van der Waals surface area contributed by atoms with Gasteiger partial charge in [-0.2, -0.15) is 0 Å². The molecule has 4 rings (SSSR count). The van der Waals surface area contributed by atoms with E-state index < -0.39 is 6.10 Å². The molecular formula is C28H28N2O2S. The molecule has 33 heavy (non-hydrogen) atoms. The number of hydrogen-bond acceptors (Lipinski definition) is 4. The molecule has 0 bridgehead atoms. The Bertz CT molecular complexity index is 1220. The second kappa shape index (κ2) is 10.5. The summed E-state index contributed by atoms with van der Waals surface area (Å²) < 4.78 is 5.97. The van der Waals surface area contributed by atoms with Gasteiger partial charge in [0.05, 0.1) is 5.69 Å². The van der Waals surface area contributed by atoms with Crippen molar-refractivity contribution in [3.8, 4) is 27.6 Å². The quantitative estimate of drug-likeness (QED) is 0.322. The summed E-state index contributed by atoms with van der Waals surface area (Å²) in [6.07, 6.45) is -0.583. The van der Waals surface area contributed by atoms with Gasteiger partial charge in [0.15, 0.2) is 6.10 Å². The van der Waals surface area contributed by atoms with E-state index in [4.69, 9.17) is 9.72 Å². The first kappa shape index (κ1) is 22.7. The Morgan fingerprint density at radius 3 is 2.45 bits per heavy atom. The Hall–Kier alpha value is -3.44. The molecule has 1 atom stereocenters. The first-order chi connectivity index (χ1) is 16.0. The fraction of sp³-hybridized carbons (Fsp3) is 0.214. The SMILES string of the molecule is CC(Oc1ccccc1C(C)C)C(=O)NCc1cccc(-c2nc(-c3ccccc3)cs2)c1. The van der Waals surface area contributed by atoms with E-state index in [2.05, 4.69) is 42.7 Å². The van der Waals surface area contributed by atoms with Gasteiger partial charge in [-0.25, -0.2) is 4.98 Å². The molecule has 0 radical (unpaired) electrons. The van der Waals surface area contributed by atoms with Crippen molar-refractivity contribution in [2.75, 3.05) is 0 Å². The molecule has 1 aromatic heterocycles. The first-order valence-electron chi connectivity index (χ1n) is 11.1. The number of nitrogens with zero attached hydrogens (tertiary/aromatic N) is 1. The molecule has 4 aromatic rings. The van der Waals surface area contributed by atoms with Gasteiger partial charge >= 0.3 is 0 Å². The summed E-state index contributed by atoms with van der Waals surface area (Å²) in [4.78, 5) is 17.5. The molecule has 5 heteroatoms. The second-order valence-electron chi connectivity index (χ2n) is 8.27. The van der Waals surface area contributed by atoms with E-state index in [9.17, 15) is 4.79 Å². The number of aromatic nitrogens is 1. The average Bonchev–Trinajstić information content (AvgIpc) is 3.34. The Balaban J connectivity index is 1.39. The molecule has 1 heterocycles. The molecule has 0 spiro atoms. The van der Waals surface area contributed by atoms with Crippen molar-refractivity contribution < 1.29 is 9.53 Å². The molecule has 0 fully saturated rings. The second-order valence-corrected chi connectivity index (χ2v) is 9.13. The minimum absolute atomic E-state index is 0.139. The number of hydrogen-bond donors (Lipinski definition) is 1. The van der Waals surface area contributed by atoms with E-state index in [0.29, 0.717) is 12.5 Å². The number of amides is 1. The van der Waals surface area contributed by atoms with Crippen LogP contribution in [0.3, 0.4) is 0 Å². The highest BCUT2D eigenvalue weighted by Gasteiger charge is 2.17. The van der Waals surface area contributed by atoms with Gasteiger partial charge in [-0.15, -0.1) is 11.3 Å². The summed E-state index contributed by atoms with van der Waals surface area (Å²) in [6, 6.07) is 26.2. The van der Waals surface area contributed by atoms with E-state index in [1.807, 2.05) is 60.7 Å². The standard InChI is InChI=1S/C28H28N2O2S/c1-19(2)24-14-7-8-15-26(24)32-20(3)27(31)29-17-21-10-9-13-23(16-21)28-30-25(18-33-28)22-11-5-4-6-12-22/h4-16,18-20H,17H2,1-3H3,(H,29,31). The molecule has 0 aliphatic carbocycles. The van der Waals surface area contributed by atoms with Gasteiger partial charge in [0.25, 0.3) is 5.91 Å². The number of rotatable bonds is 8. The third-order valence-corrected chi connectivity index (χ3v) is 6.32. The number of carbonyl (C=O) groups is 1. The predicted octanol–water partition coefficient (Wildman–Crippen LogP) is 6.68. The van der Waals surface area contributed by atoms with Crippen LogP contribution in [0.15, 0.2) is 84.2 Å². The molecule has 1 N–H and O–H groups in total. The summed E-state index contributed by atoms with van der Waals surface area (Å²) in [5.74, 6) is 0.946. The van der Waals surface area contributed by atoms with Crippen LogP contribution in [-0.2, 0) is 11.3 Å². The van der Waals surface area contributed by atoms with E-state index in [1.165, 1.54) is 0 Å². The fourth-order valence-corrected chi connectivity index (χ4v) is 4.43. The average molecular weight is 457 g/mol. The van der Waals surface area contributed by atoms with Gasteiger partial charge in [-0.1, -0.05) is 80.6 Å². The van der Waals surface area contributed by atoms with Gasteiger partial charge in [0.1, 0.15) is 10.8 Å². The van der Waals surface area contributed by atoms with E-state index in [0.717, 1.165) is 38.7 Å². The van der Waals surface area contributed by atoms with E-state index >= 15 is 0 Å². The summed E-state index contributed by atoms with van der Waals surface area (Å²) in [5, 5.41) is 6.04. The molecule has 1 unspecified atom stereocenters. The Morgan fingerprint density at radius 1 is 0.939 bits per heavy atom. The lowest BCUT2D eigenvalue weighted by Crippen LogP contribution is -2.36. The van der Waals surface area contributed by atoms with Gasteiger partial charge in [0.2, 0.25) is 0 Å². The maximum absolute atomic E-state index is 12.7. The Kier molecular flexibility index (Phi) is 7.20.